The van der Waals surface area contributed by atoms with Gasteiger partial charge >= 0.3 is 0 Å². The first-order chi connectivity index (χ1) is 9.77. The number of aryl methyl sites for hydroxylation is 2. The van der Waals surface area contributed by atoms with Gasteiger partial charge in [-0.05, 0) is 98.5 Å². The third-order valence-corrected chi connectivity index (χ3v) is 6.02. The second-order valence-electron chi connectivity index (χ2n) is 6.21. The normalized spacial score (nSPS) is 12.6. The van der Waals surface area contributed by atoms with Crippen molar-refractivity contribution in [1.29, 1.82) is 0 Å². The molecule has 0 N–H and O–H groups in total. The fourth-order valence-electron chi connectivity index (χ4n) is 3.28. The highest BCUT2D eigenvalue weighted by Gasteiger charge is 2.22. The lowest BCUT2D eigenvalue weighted by atomic mass is 9.85. The Balaban J connectivity index is 2.73. The van der Waals surface area contributed by atoms with Crippen LogP contribution in [0.5, 0.6) is 0 Å². The van der Waals surface area contributed by atoms with Crippen molar-refractivity contribution in [3.8, 4) is 0 Å². The van der Waals surface area contributed by atoms with Gasteiger partial charge in [-0.25, -0.2) is 0 Å². The zero-order chi connectivity index (χ0) is 15.9. The van der Waals surface area contributed by atoms with Crippen LogP contribution in [0.4, 0.5) is 0 Å². The van der Waals surface area contributed by atoms with Crippen LogP contribution in [0.2, 0.25) is 0 Å². The molecule has 0 bridgehead atoms. The average molecular weight is 345 g/mol. The van der Waals surface area contributed by atoms with Gasteiger partial charge in [-0.1, -0.05) is 34.1 Å². The van der Waals surface area contributed by atoms with Crippen molar-refractivity contribution < 1.29 is 0 Å². The lowest BCUT2D eigenvalue weighted by Gasteiger charge is -2.24. The van der Waals surface area contributed by atoms with Crippen LogP contribution in [0.25, 0.3) is 0 Å². The monoisotopic (exact) mass is 344 g/mol. The summed E-state index contributed by atoms with van der Waals surface area (Å²) in [7, 11) is 0. The number of rotatable bonds is 2. The summed E-state index contributed by atoms with van der Waals surface area (Å²) in [5.74, 6) is 0. The van der Waals surface area contributed by atoms with E-state index in [0.717, 1.165) is 0 Å². The second kappa shape index (κ2) is 5.96. The van der Waals surface area contributed by atoms with E-state index in [9.17, 15) is 0 Å². The fourth-order valence-corrected chi connectivity index (χ4v) is 4.69. The molecule has 0 nitrogen and oxygen atoms in total. The largest absolute Gasteiger partial charge is 0.0786 e. The molecule has 1 unspecified atom stereocenters. The molecule has 0 fully saturated rings. The van der Waals surface area contributed by atoms with Gasteiger partial charge in [0.25, 0.3) is 0 Å². The molecular formula is C20H25Br. The zero-order valence-corrected chi connectivity index (χ0v) is 15.8. The van der Waals surface area contributed by atoms with Crippen LogP contribution in [0.15, 0.2) is 18.2 Å². The van der Waals surface area contributed by atoms with E-state index in [1.807, 2.05) is 0 Å². The van der Waals surface area contributed by atoms with Crippen LogP contribution in [-0.4, -0.2) is 0 Å². The van der Waals surface area contributed by atoms with Crippen LogP contribution in [0.1, 0.15) is 54.9 Å². The second-order valence-corrected chi connectivity index (χ2v) is 7.12. The van der Waals surface area contributed by atoms with Gasteiger partial charge in [0.2, 0.25) is 0 Å². The van der Waals surface area contributed by atoms with Crippen molar-refractivity contribution in [2.24, 2.45) is 0 Å². The number of alkyl halides is 1. The molecule has 112 valence electrons. The van der Waals surface area contributed by atoms with Gasteiger partial charge in [0.05, 0.1) is 4.83 Å². The quantitative estimate of drug-likeness (QED) is 0.558. The van der Waals surface area contributed by atoms with Crippen LogP contribution in [-0.2, 0) is 0 Å². The average Bonchev–Trinajstić information content (AvgIpc) is 2.43. The highest BCUT2D eigenvalue weighted by molar-refractivity contribution is 9.09. The van der Waals surface area contributed by atoms with Crippen LogP contribution < -0.4 is 0 Å². The molecule has 2 aromatic carbocycles. The summed E-state index contributed by atoms with van der Waals surface area (Å²) in [5.41, 5.74) is 12.7. The molecule has 1 atom stereocenters. The molecule has 0 aliphatic carbocycles. The van der Waals surface area contributed by atoms with Crippen LogP contribution in [0, 0.1) is 48.5 Å². The molecule has 0 spiro atoms. The van der Waals surface area contributed by atoms with E-state index < -0.39 is 0 Å². The Bertz CT molecular complexity index is 646. The Morgan fingerprint density at radius 1 is 0.619 bits per heavy atom. The maximum absolute atomic E-state index is 3.99. The van der Waals surface area contributed by atoms with E-state index in [0.29, 0.717) is 0 Å². The van der Waals surface area contributed by atoms with Gasteiger partial charge in [0, 0.05) is 0 Å². The first-order valence-corrected chi connectivity index (χ1v) is 8.46. The van der Waals surface area contributed by atoms with Gasteiger partial charge in [-0.15, -0.1) is 0 Å². The van der Waals surface area contributed by atoms with Gasteiger partial charge in [-0.3, -0.25) is 0 Å². The number of hydrogen-bond acceptors (Lipinski definition) is 0. The minimum absolute atomic E-state index is 0.261. The first kappa shape index (κ1) is 16.3. The molecule has 0 heterocycles. The Kier molecular flexibility index (Phi) is 4.63. The summed E-state index contributed by atoms with van der Waals surface area (Å²) in [6, 6.07) is 6.55. The van der Waals surface area contributed by atoms with Crippen LogP contribution in [0.3, 0.4) is 0 Å². The molecule has 2 rings (SSSR count). The van der Waals surface area contributed by atoms with E-state index in [1.54, 1.807) is 0 Å². The SMILES string of the molecule is Cc1cccc(C)c1C(Br)c1c(C)c(C)c(C)c(C)c1C. The molecule has 0 saturated carbocycles. The van der Waals surface area contributed by atoms with Gasteiger partial charge < -0.3 is 0 Å². The molecule has 0 saturated heterocycles. The Hall–Kier alpha value is -1.08. The highest BCUT2D eigenvalue weighted by atomic mass is 79.9. The predicted molar refractivity (Wildman–Crippen MR) is 96.8 cm³/mol. The van der Waals surface area contributed by atoms with Gasteiger partial charge in [-0.2, -0.15) is 0 Å². The molecule has 0 aliphatic rings. The number of halogens is 1. The molecule has 0 radical (unpaired) electrons. The molecule has 0 aliphatic heterocycles. The molecule has 21 heavy (non-hydrogen) atoms. The maximum Gasteiger partial charge on any atom is 0.0655 e. The summed E-state index contributed by atoms with van der Waals surface area (Å²) in [6.07, 6.45) is 0. The molecule has 0 amide bonds. The standard InChI is InChI=1S/C20H25Br/c1-11-9-8-10-12(2)18(11)20(21)19-16(6)14(4)13(3)15(5)17(19)7/h8-10,20H,1-7H3. The van der Waals surface area contributed by atoms with E-state index in [4.69, 9.17) is 0 Å². The Labute approximate surface area is 137 Å². The topological polar surface area (TPSA) is 0 Å². The predicted octanol–water partition coefficient (Wildman–Crippen LogP) is 6.33. The number of benzene rings is 2. The van der Waals surface area contributed by atoms with E-state index in [1.165, 1.54) is 50.1 Å². The van der Waals surface area contributed by atoms with Crippen molar-refractivity contribution in [2.75, 3.05) is 0 Å². The van der Waals surface area contributed by atoms with Gasteiger partial charge in [0.1, 0.15) is 0 Å². The summed E-state index contributed by atoms with van der Waals surface area (Å²) in [6.45, 7) is 15.6. The third-order valence-electron chi connectivity index (χ3n) is 5.11. The maximum atomic E-state index is 3.99. The molecule has 0 aromatic heterocycles. The summed E-state index contributed by atoms with van der Waals surface area (Å²) < 4.78 is 0. The number of hydrogen-bond donors (Lipinski definition) is 0. The van der Waals surface area contributed by atoms with Crippen molar-refractivity contribution in [1.82, 2.24) is 0 Å². The minimum atomic E-state index is 0.261. The Morgan fingerprint density at radius 3 is 1.43 bits per heavy atom. The van der Waals surface area contributed by atoms with Crippen molar-refractivity contribution in [3.05, 3.63) is 68.3 Å². The van der Waals surface area contributed by atoms with Crippen molar-refractivity contribution in [2.45, 2.75) is 53.3 Å². The Morgan fingerprint density at radius 2 is 1.00 bits per heavy atom. The highest BCUT2D eigenvalue weighted by Crippen LogP contribution is 2.40. The van der Waals surface area contributed by atoms with E-state index in [2.05, 4.69) is 82.6 Å². The third kappa shape index (κ3) is 2.68. The smallest absolute Gasteiger partial charge is 0.0655 e. The first-order valence-electron chi connectivity index (χ1n) is 7.54. The summed E-state index contributed by atoms with van der Waals surface area (Å²) in [4.78, 5) is 0.261. The molecule has 2 aromatic rings. The van der Waals surface area contributed by atoms with Crippen LogP contribution >= 0.6 is 15.9 Å². The van der Waals surface area contributed by atoms with Crippen molar-refractivity contribution in [3.63, 3.8) is 0 Å². The molecular weight excluding hydrogens is 320 g/mol. The summed E-state index contributed by atoms with van der Waals surface area (Å²) in [5, 5.41) is 0. The fraction of sp³-hybridized carbons (Fsp3) is 0.400. The van der Waals surface area contributed by atoms with E-state index >= 15 is 0 Å². The van der Waals surface area contributed by atoms with Gasteiger partial charge in [0.15, 0.2) is 0 Å². The minimum Gasteiger partial charge on any atom is -0.0786 e. The van der Waals surface area contributed by atoms with E-state index in [-0.39, 0.29) is 4.83 Å². The molecule has 1 heteroatoms. The lowest BCUT2D eigenvalue weighted by Crippen LogP contribution is -2.07. The zero-order valence-electron chi connectivity index (χ0n) is 14.2. The lowest BCUT2D eigenvalue weighted by molar-refractivity contribution is 1.03. The van der Waals surface area contributed by atoms with Crippen molar-refractivity contribution >= 4 is 15.9 Å². The summed E-state index contributed by atoms with van der Waals surface area (Å²) >= 11 is 3.99.